The molecule has 0 aliphatic carbocycles. The number of aromatic nitrogens is 3. The number of nitrogens with zero attached hydrogens (tertiary/aromatic N) is 2. The second-order valence-electron chi connectivity index (χ2n) is 3.22. The van der Waals surface area contributed by atoms with Crippen molar-refractivity contribution in [2.75, 3.05) is 0 Å². The Morgan fingerprint density at radius 3 is 2.82 bits per heavy atom. The van der Waals surface area contributed by atoms with E-state index in [2.05, 4.69) is 47.0 Å². The Morgan fingerprint density at radius 2 is 2.18 bits per heavy atom. The van der Waals surface area contributed by atoms with E-state index >= 15 is 0 Å². The van der Waals surface area contributed by atoms with Crippen LogP contribution in [0.4, 0.5) is 0 Å². The molecule has 0 aromatic carbocycles. The molecule has 0 saturated heterocycles. The molecule has 3 rings (SSSR count). The monoisotopic (exact) mass is 389 g/mol. The van der Waals surface area contributed by atoms with Gasteiger partial charge < -0.3 is 0 Å². The number of hydrogen-bond donors (Lipinski definition) is 1. The molecule has 7 heteroatoms. The van der Waals surface area contributed by atoms with Crippen LogP contribution in [0, 0.1) is 0 Å². The molecule has 86 valence electrons. The molecule has 0 bridgehead atoms. The molecule has 0 aliphatic rings. The van der Waals surface area contributed by atoms with E-state index in [9.17, 15) is 0 Å². The Bertz CT molecular complexity index is 642. The van der Waals surface area contributed by atoms with Gasteiger partial charge in [-0.25, -0.2) is 4.98 Å². The Balaban J connectivity index is 2.03. The number of H-pyrrole nitrogens is 1. The van der Waals surface area contributed by atoms with E-state index < -0.39 is 0 Å². The van der Waals surface area contributed by atoms with Crippen molar-refractivity contribution in [3.8, 4) is 22.1 Å². The van der Waals surface area contributed by atoms with Crippen LogP contribution in [0.1, 0.15) is 0 Å². The van der Waals surface area contributed by atoms with E-state index in [-0.39, 0.29) is 0 Å². The third-order valence-corrected chi connectivity index (χ3v) is 5.35. The van der Waals surface area contributed by atoms with Crippen LogP contribution in [0.15, 0.2) is 31.2 Å². The normalized spacial score (nSPS) is 10.9. The highest BCUT2D eigenvalue weighted by Gasteiger charge is 2.13. The zero-order valence-corrected chi connectivity index (χ0v) is 13.1. The molecule has 1 N–H and O–H groups in total. The van der Waals surface area contributed by atoms with Gasteiger partial charge in [-0.2, -0.15) is 5.10 Å². The van der Waals surface area contributed by atoms with Crippen LogP contribution in [-0.4, -0.2) is 15.2 Å². The second kappa shape index (κ2) is 4.64. The molecular weight excluding hydrogens is 386 g/mol. The summed E-state index contributed by atoms with van der Waals surface area (Å²) < 4.78 is 2.09. The van der Waals surface area contributed by atoms with Crippen molar-refractivity contribution in [1.29, 1.82) is 0 Å². The Labute approximate surface area is 122 Å². The van der Waals surface area contributed by atoms with Crippen LogP contribution in [0.25, 0.3) is 22.1 Å². The second-order valence-corrected chi connectivity index (χ2v) is 7.92. The molecule has 0 atom stereocenters. The van der Waals surface area contributed by atoms with Gasteiger partial charge in [-0.05, 0) is 49.4 Å². The summed E-state index contributed by atoms with van der Waals surface area (Å²) in [6.07, 6.45) is 0. The van der Waals surface area contributed by atoms with Crippen molar-refractivity contribution in [2.24, 2.45) is 0 Å². The number of aromatic amines is 1. The summed E-state index contributed by atoms with van der Waals surface area (Å²) in [4.78, 5) is 5.59. The number of nitrogens with one attached hydrogen (secondary N) is 1. The van der Waals surface area contributed by atoms with Crippen molar-refractivity contribution in [3.05, 3.63) is 31.2 Å². The largest absolute Gasteiger partial charge is 0.258 e. The van der Waals surface area contributed by atoms with Gasteiger partial charge in [0.05, 0.1) is 12.4 Å². The number of halogens is 2. The maximum absolute atomic E-state index is 4.50. The average molecular weight is 391 g/mol. The van der Waals surface area contributed by atoms with Crippen LogP contribution < -0.4 is 0 Å². The van der Waals surface area contributed by atoms with E-state index in [0.29, 0.717) is 5.82 Å². The first kappa shape index (κ1) is 11.6. The Hall–Kier alpha value is -0.500. The highest BCUT2D eigenvalue weighted by Crippen LogP contribution is 2.37. The van der Waals surface area contributed by atoms with Crippen LogP contribution in [0.3, 0.4) is 0 Å². The fourth-order valence-electron chi connectivity index (χ4n) is 1.40. The van der Waals surface area contributed by atoms with Crippen molar-refractivity contribution < 1.29 is 0 Å². The summed E-state index contributed by atoms with van der Waals surface area (Å²) in [6.45, 7) is 0. The van der Waals surface area contributed by atoms with Crippen LogP contribution in [0.2, 0.25) is 0 Å². The third-order valence-electron chi connectivity index (χ3n) is 2.14. The smallest absolute Gasteiger partial charge is 0.183 e. The van der Waals surface area contributed by atoms with Crippen LogP contribution in [0.5, 0.6) is 0 Å². The van der Waals surface area contributed by atoms with Gasteiger partial charge in [0.2, 0.25) is 0 Å². The molecule has 0 spiro atoms. The molecule has 3 aromatic heterocycles. The zero-order chi connectivity index (χ0) is 11.8. The number of rotatable bonds is 2. The van der Waals surface area contributed by atoms with E-state index in [0.717, 1.165) is 23.8 Å². The van der Waals surface area contributed by atoms with Gasteiger partial charge >= 0.3 is 0 Å². The maximum atomic E-state index is 4.50. The van der Waals surface area contributed by atoms with Gasteiger partial charge in [0.1, 0.15) is 0 Å². The fraction of sp³-hybridized carbons (Fsp3) is 0. The van der Waals surface area contributed by atoms with Gasteiger partial charge in [-0.3, -0.25) is 5.10 Å². The van der Waals surface area contributed by atoms with Gasteiger partial charge in [-0.1, -0.05) is 6.07 Å². The van der Waals surface area contributed by atoms with Crippen LogP contribution in [-0.2, 0) is 0 Å². The molecule has 0 aliphatic heterocycles. The lowest BCUT2D eigenvalue weighted by Gasteiger charge is -1.89. The van der Waals surface area contributed by atoms with Gasteiger partial charge in [0, 0.05) is 5.56 Å². The Kier molecular flexibility index (Phi) is 3.16. The molecular formula is C10H5Br2N3S2. The predicted octanol–water partition coefficient (Wildman–Crippen LogP) is 4.79. The molecule has 0 amide bonds. The minimum atomic E-state index is 0.710. The fourth-order valence-corrected chi connectivity index (χ4v) is 4.85. The van der Waals surface area contributed by atoms with Crippen molar-refractivity contribution in [1.82, 2.24) is 15.2 Å². The summed E-state index contributed by atoms with van der Waals surface area (Å²) in [5.41, 5.74) is 1.00. The highest BCUT2D eigenvalue weighted by atomic mass is 79.9. The zero-order valence-electron chi connectivity index (χ0n) is 8.28. The standard InChI is InChI=1S/C10H5Br2N3S2/c11-7-4-5(8(12)17-7)9-13-10(15-14-9)6-2-1-3-16-6/h1-4H,(H,13,14,15). The quantitative estimate of drug-likeness (QED) is 0.683. The summed E-state index contributed by atoms with van der Waals surface area (Å²) >= 11 is 10.2. The molecule has 0 radical (unpaired) electrons. The molecule has 3 heterocycles. The molecule has 0 unspecified atom stereocenters. The number of hydrogen-bond acceptors (Lipinski definition) is 4. The average Bonchev–Trinajstić information content (AvgIpc) is 2.97. The molecule has 0 saturated carbocycles. The lowest BCUT2D eigenvalue weighted by molar-refractivity contribution is 1.10. The summed E-state index contributed by atoms with van der Waals surface area (Å²) in [5.74, 6) is 1.52. The van der Waals surface area contributed by atoms with Crippen LogP contribution >= 0.6 is 54.5 Å². The first-order valence-corrected chi connectivity index (χ1v) is 7.94. The minimum Gasteiger partial charge on any atom is -0.258 e. The lowest BCUT2D eigenvalue weighted by atomic mass is 10.3. The molecule has 17 heavy (non-hydrogen) atoms. The summed E-state index contributed by atoms with van der Waals surface area (Å²) in [6, 6.07) is 6.03. The highest BCUT2D eigenvalue weighted by molar-refractivity contribution is 9.12. The molecule has 3 aromatic rings. The Morgan fingerprint density at radius 1 is 1.29 bits per heavy atom. The number of thiophene rings is 2. The van der Waals surface area contributed by atoms with Crippen molar-refractivity contribution in [3.63, 3.8) is 0 Å². The van der Waals surface area contributed by atoms with E-state index in [1.165, 1.54) is 0 Å². The summed E-state index contributed by atoms with van der Waals surface area (Å²) in [7, 11) is 0. The topological polar surface area (TPSA) is 41.6 Å². The lowest BCUT2D eigenvalue weighted by Crippen LogP contribution is -1.77. The van der Waals surface area contributed by atoms with Gasteiger partial charge in [-0.15, -0.1) is 22.7 Å². The van der Waals surface area contributed by atoms with E-state index in [4.69, 9.17) is 0 Å². The van der Waals surface area contributed by atoms with Crippen molar-refractivity contribution in [2.45, 2.75) is 0 Å². The summed E-state index contributed by atoms with van der Waals surface area (Å²) in [5, 5.41) is 9.23. The van der Waals surface area contributed by atoms with Crippen molar-refractivity contribution >= 4 is 54.5 Å². The molecule has 3 nitrogen and oxygen atoms in total. The predicted molar refractivity (Wildman–Crippen MR) is 78.4 cm³/mol. The van der Waals surface area contributed by atoms with E-state index in [1.807, 2.05) is 23.6 Å². The SMILES string of the molecule is Brc1cc(-c2n[nH]c(-c3cccs3)n2)c(Br)s1. The van der Waals surface area contributed by atoms with Gasteiger partial charge in [0.25, 0.3) is 0 Å². The third kappa shape index (κ3) is 2.24. The first-order chi connectivity index (χ1) is 8.24. The molecule has 0 fully saturated rings. The first-order valence-electron chi connectivity index (χ1n) is 4.65. The maximum Gasteiger partial charge on any atom is 0.183 e. The van der Waals surface area contributed by atoms with Gasteiger partial charge in [0.15, 0.2) is 11.6 Å². The van der Waals surface area contributed by atoms with E-state index in [1.54, 1.807) is 22.7 Å². The minimum absolute atomic E-state index is 0.710.